The van der Waals surface area contributed by atoms with Gasteiger partial charge in [0.25, 0.3) is 0 Å². The highest BCUT2D eigenvalue weighted by Crippen LogP contribution is 2.48. The molecule has 3 nitrogen and oxygen atoms in total. The van der Waals surface area contributed by atoms with Crippen LogP contribution in [0.15, 0.2) is 43.9 Å². The maximum Gasteiger partial charge on any atom is 0.205 e. The van der Waals surface area contributed by atoms with E-state index in [4.69, 9.17) is 23.2 Å². The van der Waals surface area contributed by atoms with E-state index in [1.165, 1.54) is 6.07 Å². The van der Waals surface area contributed by atoms with Gasteiger partial charge in [-0.25, -0.2) is 4.21 Å². The zero-order valence-electron chi connectivity index (χ0n) is 13.1. The number of carbonyl (C=O) groups excluding carboxylic acids is 2. The molecular formula is C18H10Cl2O3S2. The number of benzene rings is 2. The first-order valence-corrected chi connectivity index (χ1v) is 10.1. The second-order valence-electron chi connectivity index (χ2n) is 5.88. The fourth-order valence-corrected chi connectivity index (χ4v) is 6.74. The van der Waals surface area contributed by atoms with E-state index in [1.807, 2.05) is 0 Å². The Morgan fingerprint density at radius 1 is 0.880 bits per heavy atom. The SMILES string of the molecule is Cc1cc(Cl)cc2c1C(=O)C(=C1C(=O)c3c(C)cc(Cl)cc3S1=O)S2. The highest BCUT2D eigenvalue weighted by molar-refractivity contribution is 8.05. The summed E-state index contributed by atoms with van der Waals surface area (Å²) in [5, 5.41) is 0.938. The van der Waals surface area contributed by atoms with Gasteiger partial charge in [0.05, 0.1) is 20.6 Å². The molecule has 0 saturated carbocycles. The number of hydrogen-bond donors (Lipinski definition) is 0. The Balaban J connectivity index is 1.93. The maximum absolute atomic E-state index is 12.9. The van der Waals surface area contributed by atoms with Crippen molar-refractivity contribution in [3.63, 3.8) is 0 Å². The van der Waals surface area contributed by atoms with Gasteiger partial charge in [0, 0.05) is 26.1 Å². The summed E-state index contributed by atoms with van der Waals surface area (Å²) in [6, 6.07) is 6.59. The lowest BCUT2D eigenvalue weighted by Crippen LogP contribution is -2.06. The number of allylic oxidation sites excluding steroid dienone is 2. The van der Waals surface area contributed by atoms with Crippen LogP contribution in [-0.2, 0) is 10.8 Å². The van der Waals surface area contributed by atoms with Crippen molar-refractivity contribution >= 4 is 57.3 Å². The van der Waals surface area contributed by atoms with Crippen molar-refractivity contribution in [3.05, 3.63) is 66.4 Å². The Labute approximate surface area is 160 Å². The van der Waals surface area contributed by atoms with E-state index in [9.17, 15) is 13.8 Å². The van der Waals surface area contributed by atoms with Crippen LogP contribution in [0.4, 0.5) is 0 Å². The van der Waals surface area contributed by atoms with Crippen molar-refractivity contribution in [3.8, 4) is 0 Å². The molecule has 126 valence electrons. The smallest absolute Gasteiger partial charge is 0.205 e. The van der Waals surface area contributed by atoms with Crippen LogP contribution < -0.4 is 0 Å². The molecule has 0 bridgehead atoms. The van der Waals surface area contributed by atoms with Gasteiger partial charge in [-0.2, -0.15) is 0 Å². The number of hydrogen-bond acceptors (Lipinski definition) is 4. The normalized spacial score (nSPS) is 21.7. The summed E-state index contributed by atoms with van der Waals surface area (Å²) < 4.78 is 12.9. The van der Waals surface area contributed by atoms with Crippen LogP contribution in [0.5, 0.6) is 0 Å². The van der Waals surface area contributed by atoms with Crippen LogP contribution in [-0.4, -0.2) is 15.8 Å². The molecule has 2 aromatic rings. The Morgan fingerprint density at radius 2 is 1.48 bits per heavy atom. The van der Waals surface area contributed by atoms with Gasteiger partial charge in [-0.1, -0.05) is 35.0 Å². The van der Waals surface area contributed by atoms with Crippen LogP contribution in [0.2, 0.25) is 10.0 Å². The van der Waals surface area contributed by atoms with Crippen molar-refractivity contribution in [1.29, 1.82) is 0 Å². The first-order chi connectivity index (χ1) is 11.8. The lowest BCUT2D eigenvalue weighted by molar-refractivity contribution is 0.101. The van der Waals surface area contributed by atoms with Gasteiger partial charge in [-0.3, -0.25) is 9.59 Å². The van der Waals surface area contributed by atoms with E-state index < -0.39 is 10.8 Å². The molecule has 0 radical (unpaired) electrons. The molecule has 2 heterocycles. The third-order valence-electron chi connectivity index (χ3n) is 4.20. The lowest BCUT2D eigenvalue weighted by Gasteiger charge is -2.01. The fraction of sp³-hybridized carbons (Fsp3) is 0.111. The monoisotopic (exact) mass is 408 g/mol. The zero-order chi connectivity index (χ0) is 18.0. The molecule has 25 heavy (non-hydrogen) atoms. The summed E-state index contributed by atoms with van der Waals surface area (Å²) in [6.07, 6.45) is 0. The number of fused-ring (bicyclic) bond motifs is 2. The molecule has 1 atom stereocenters. The summed E-state index contributed by atoms with van der Waals surface area (Å²) in [7, 11) is -1.73. The van der Waals surface area contributed by atoms with Gasteiger partial charge in [-0.15, -0.1) is 0 Å². The van der Waals surface area contributed by atoms with Crippen molar-refractivity contribution in [1.82, 2.24) is 0 Å². The van der Waals surface area contributed by atoms with Gasteiger partial charge >= 0.3 is 0 Å². The third kappa shape index (κ3) is 2.45. The molecule has 0 saturated heterocycles. The molecule has 0 aliphatic carbocycles. The Hall–Kier alpha value is -1.40. The molecule has 0 fully saturated rings. The second kappa shape index (κ2) is 5.81. The Morgan fingerprint density at radius 3 is 2.16 bits per heavy atom. The van der Waals surface area contributed by atoms with E-state index in [2.05, 4.69) is 0 Å². The largest absolute Gasteiger partial charge is 0.288 e. The number of ketones is 2. The van der Waals surface area contributed by atoms with E-state index in [-0.39, 0.29) is 21.4 Å². The van der Waals surface area contributed by atoms with Crippen LogP contribution in [0.25, 0.3) is 0 Å². The predicted octanol–water partition coefficient (Wildman–Crippen LogP) is 5.11. The van der Waals surface area contributed by atoms with Crippen LogP contribution in [0.3, 0.4) is 0 Å². The molecule has 0 amide bonds. The molecule has 0 aromatic heterocycles. The van der Waals surface area contributed by atoms with Crippen LogP contribution in [0, 0.1) is 13.8 Å². The molecular weight excluding hydrogens is 399 g/mol. The number of Topliss-reactive ketones (excluding diaryl/α,β-unsaturated/α-hetero) is 2. The van der Waals surface area contributed by atoms with Crippen LogP contribution in [0.1, 0.15) is 31.8 Å². The summed E-state index contributed by atoms with van der Waals surface area (Å²) in [4.78, 5) is 27.1. The number of thioether (sulfide) groups is 1. The standard InChI is InChI=1S/C18H10Cl2O3S2/c1-7-3-9(19)5-11-13(7)15(21)17(24-11)18-16(22)14-8(2)4-10(20)6-12(14)25(18)23/h3-6H,1-2H3. The van der Waals surface area contributed by atoms with Crippen molar-refractivity contribution in [2.24, 2.45) is 0 Å². The van der Waals surface area contributed by atoms with E-state index in [0.29, 0.717) is 36.5 Å². The average Bonchev–Trinajstić information content (AvgIpc) is 2.94. The van der Waals surface area contributed by atoms with Gasteiger partial charge in [0.2, 0.25) is 11.6 Å². The minimum absolute atomic E-state index is 0.0436. The van der Waals surface area contributed by atoms with Crippen LogP contribution >= 0.6 is 35.0 Å². The summed E-state index contributed by atoms with van der Waals surface area (Å²) in [5.41, 5.74) is 2.30. The molecule has 0 N–H and O–H groups in total. The highest BCUT2D eigenvalue weighted by Gasteiger charge is 2.41. The number of carbonyl (C=O) groups is 2. The van der Waals surface area contributed by atoms with Crippen molar-refractivity contribution in [2.45, 2.75) is 23.6 Å². The molecule has 2 aliphatic rings. The number of rotatable bonds is 0. The van der Waals surface area contributed by atoms with E-state index in [0.717, 1.165) is 17.3 Å². The fourth-order valence-electron chi connectivity index (χ4n) is 3.15. The van der Waals surface area contributed by atoms with E-state index in [1.54, 1.807) is 32.0 Å². The van der Waals surface area contributed by atoms with Crippen molar-refractivity contribution < 1.29 is 13.8 Å². The maximum atomic E-state index is 12.9. The van der Waals surface area contributed by atoms with E-state index >= 15 is 0 Å². The van der Waals surface area contributed by atoms with Gasteiger partial charge in [0.1, 0.15) is 4.91 Å². The second-order valence-corrected chi connectivity index (χ2v) is 9.19. The summed E-state index contributed by atoms with van der Waals surface area (Å²) in [6.45, 7) is 3.54. The number of aryl methyl sites for hydroxylation is 2. The molecule has 7 heteroatoms. The number of halogens is 2. The predicted molar refractivity (Wildman–Crippen MR) is 100 cm³/mol. The topological polar surface area (TPSA) is 51.2 Å². The minimum Gasteiger partial charge on any atom is -0.288 e. The molecule has 2 aromatic carbocycles. The lowest BCUT2D eigenvalue weighted by atomic mass is 10.0. The first-order valence-electron chi connectivity index (χ1n) is 7.33. The molecule has 1 unspecified atom stereocenters. The summed E-state index contributed by atoms with van der Waals surface area (Å²) in [5.74, 6) is -0.641. The average molecular weight is 409 g/mol. The Kier molecular flexibility index (Phi) is 3.96. The quantitative estimate of drug-likeness (QED) is 0.567. The first kappa shape index (κ1) is 17.0. The van der Waals surface area contributed by atoms with Gasteiger partial charge < -0.3 is 0 Å². The summed E-state index contributed by atoms with van der Waals surface area (Å²) >= 11 is 13.3. The third-order valence-corrected chi connectivity index (χ3v) is 7.38. The molecule has 0 spiro atoms. The molecule has 2 aliphatic heterocycles. The zero-order valence-corrected chi connectivity index (χ0v) is 16.3. The molecule has 4 rings (SSSR count). The minimum atomic E-state index is -1.73. The highest BCUT2D eigenvalue weighted by atomic mass is 35.5. The van der Waals surface area contributed by atoms with Gasteiger partial charge in [0.15, 0.2) is 0 Å². The van der Waals surface area contributed by atoms with Crippen molar-refractivity contribution in [2.75, 3.05) is 0 Å². The van der Waals surface area contributed by atoms with Gasteiger partial charge in [-0.05, 0) is 49.2 Å². The Bertz CT molecular complexity index is 1070.